The Morgan fingerprint density at radius 1 is 1.04 bits per heavy atom. The number of rotatable bonds is 3. The van der Waals surface area contributed by atoms with Gasteiger partial charge in [-0.05, 0) is 42.5 Å². The van der Waals surface area contributed by atoms with Crippen LogP contribution in [0.15, 0.2) is 61.1 Å². The number of aromatic amines is 1. The van der Waals surface area contributed by atoms with Gasteiger partial charge in [0.05, 0.1) is 16.6 Å². The van der Waals surface area contributed by atoms with Crippen LogP contribution in [0.2, 0.25) is 5.02 Å². The standard InChI is InChI=1S/C18H14ClN5/c1-24(13-6-9-20-10-7-13)18-14(3-2-8-21-18)17-22-15-5-4-12(19)11-16(15)23-17/h2-11H,1H3,(H,22,23). The van der Waals surface area contributed by atoms with Crippen LogP contribution in [0.5, 0.6) is 0 Å². The molecule has 0 aliphatic heterocycles. The molecule has 4 rings (SSSR count). The summed E-state index contributed by atoms with van der Waals surface area (Å²) in [7, 11) is 1.97. The van der Waals surface area contributed by atoms with Gasteiger partial charge in [0.15, 0.2) is 0 Å². The van der Waals surface area contributed by atoms with Crippen molar-refractivity contribution >= 4 is 34.1 Å². The molecule has 118 valence electrons. The fourth-order valence-corrected chi connectivity index (χ4v) is 2.82. The van der Waals surface area contributed by atoms with Gasteiger partial charge in [-0.15, -0.1) is 0 Å². The van der Waals surface area contributed by atoms with Crippen molar-refractivity contribution in [1.29, 1.82) is 0 Å². The van der Waals surface area contributed by atoms with E-state index in [-0.39, 0.29) is 0 Å². The van der Waals surface area contributed by atoms with Crippen molar-refractivity contribution in [1.82, 2.24) is 19.9 Å². The third-order valence-corrected chi connectivity index (χ3v) is 4.09. The molecule has 0 amide bonds. The highest BCUT2D eigenvalue weighted by Gasteiger charge is 2.15. The van der Waals surface area contributed by atoms with Crippen LogP contribution in [0.25, 0.3) is 22.4 Å². The van der Waals surface area contributed by atoms with Gasteiger partial charge in [0.2, 0.25) is 0 Å². The summed E-state index contributed by atoms with van der Waals surface area (Å²) in [4.78, 5) is 18.6. The first-order chi connectivity index (χ1) is 11.7. The summed E-state index contributed by atoms with van der Waals surface area (Å²) in [6.07, 6.45) is 5.30. The minimum atomic E-state index is 0.679. The number of nitrogens with zero attached hydrogens (tertiary/aromatic N) is 4. The zero-order valence-electron chi connectivity index (χ0n) is 12.9. The number of pyridine rings is 2. The predicted octanol–water partition coefficient (Wildman–Crippen LogP) is 4.44. The Morgan fingerprint density at radius 3 is 2.71 bits per heavy atom. The molecule has 3 aromatic heterocycles. The lowest BCUT2D eigenvalue weighted by Crippen LogP contribution is -2.12. The van der Waals surface area contributed by atoms with Gasteiger partial charge in [-0.2, -0.15) is 0 Å². The van der Waals surface area contributed by atoms with Crippen molar-refractivity contribution in [2.75, 3.05) is 11.9 Å². The van der Waals surface area contributed by atoms with Crippen molar-refractivity contribution < 1.29 is 0 Å². The minimum Gasteiger partial charge on any atom is -0.338 e. The average Bonchev–Trinajstić information content (AvgIpc) is 3.05. The van der Waals surface area contributed by atoms with E-state index in [1.54, 1.807) is 18.6 Å². The second-order valence-electron chi connectivity index (χ2n) is 5.39. The van der Waals surface area contributed by atoms with E-state index >= 15 is 0 Å². The van der Waals surface area contributed by atoms with E-state index in [2.05, 4.69) is 19.9 Å². The summed E-state index contributed by atoms with van der Waals surface area (Å²) in [5.74, 6) is 1.57. The molecule has 0 unspecified atom stereocenters. The first kappa shape index (κ1) is 14.7. The second-order valence-corrected chi connectivity index (χ2v) is 5.82. The Bertz CT molecular complexity index is 997. The van der Waals surface area contributed by atoms with E-state index in [1.807, 2.05) is 54.4 Å². The number of halogens is 1. The lowest BCUT2D eigenvalue weighted by atomic mass is 10.2. The Hall–Kier alpha value is -2.92. The van der Waals surface area contributed by atoms with E-state index in [1.165, 1.54) is 0 Å². The molecule has 0 fully saturated rings. The maximum absolute atomic E-state index is 6.06. The van der Waals surface area contributed by atoms with Crippen molar-refractivity contribution in [2.24, 2.45) is 0 Å². The Balaban J connectivity index is 1.83. The summed E-state index contributed by atoms with van der Waals surface area (Å²) in [6.45, 7) is 0. The summed E-state index contributed by atoms with van der Waals surface area (Å²) in [5.41, 5.74) is 3.70. The lowest BCUT2D eigenvalue weighted by Gasteiger charge is -2.20. The zero-order valence-corrected chi connectivity index (χ0v) is 13.7. The van der Waals surface area contributed by atoms with Gasteiger partial charge in [-0.1, -0.05) is 11.6 Å². The number of H-pyrrole nitrogens is 1. The van der Waals surface area contributed by atoms with Crippen LogP contribution < -0.4 is 4.90 Å². The lowest BCUT2D eigenvalue weighted by molar-refractivity contribution is 1.11. The molecule has 5 nitrogen and oxygen atoms in total. The molecule has 0 spiro atoms. The quantitative estimate of drug-likeness (QED) is 0.601. The van der Waals surface area contributed by atoms with Gasteiger partial charge in [0.1, 0.15) is 11.6 Å². The van der Waals surface area contributed by atoms with E-state index in [4.69, 9.17) is 11.6 Å². The number of anilines is 2. The van der Waals surface area contributed by atoms with Gasteiger partial charge in [0.25, 0.3) is 0 Å². The molecular formula is C18H14ClN5. The maximum Gasteiger partial charge on any atom is 0.143 e. The Morgan fingerprint density at radius 2 is 1.88 bits per heavy atom. The molecule has 0 atom stereocenters. The topological polar surface area (TPSA) is 57.7 Å². The summed E-state index contributed by atoms with van der Waals surface area (Å²) in [5, 5.41) is 0.679. The average molecular weight is 336 g/mol. The molecule has 0 aliphatic carbocycles. The maximum atomic E-state index is 6.06. The highest BCUT2D eigenvalue weighted by molar-refractivity contribution is 6.31. The third-order valence-electron chi connectivity index (χ3n) is 3.85. The molecule has 0 aliphatic rings. The van der Waals surface area contributed by atoms with Gasteiger partial charge in [-0.25, -0.2) is 9.97 Å². The summed E-state index contributed by atoms with van der Waals surface area (Å²) >= 11 is 6.06. The van der Waals surface area contributed by atoms with Crippen LogP contribution in [0.3, 0.4) is 0 Å². The first-order valence-electron chi connectivity index (χ1n) is 7.47. The molecule has 0 saturated heterocycles. The van der Waals surface area contributed by atoms with E-state index in [9.17, 15) is 0 Å². The van der Waals surface area contributed by atoms with E-state index in [0.717, 1.165) is 33.9 Å². The third kappa shape index (κ3) is 2.59. The largest absolute Gasteiger partial charge is 0.338 e. The molecule has 0 bridgehead atoms. The Labute approximate surface area is 144 Å². The molecule has 0 saturated carbocycles. The number of fused-ring (bicyclic) bond motifs is 1. The Kier molecular flexibility index (Phi) is 3.63. The fourth-order valence-electron chi connectivity index (χ4n) is 2.65. The van der Waals surface area contributed by atoms with Crippen molar-refractivity contribution in [2.45, 2.75) is 0 Å². The second kappa shape index (κ2) is 5.94. The highest BCUT2D eigenvalue weighted by atomic mass is 35.5. The number of benzene rings is 1. The molecule has 6 heteroatoms. The van der Waals surface area contributed by atoms with Gasteiger partial charge in [0, 0.05) is 36.3 Å². The fraction of sp³-hybridized carbons (Fsp3) is 0.0556. The van der Waals surface area contributed by atoms with Crippen LogP contribution in [0, 0.1) is 0 Å². The number of nitrogens with one attached hydrogen (secondary N) is 1. The van der Waals surface area contributed by atoms with Crippen molar-refractivity contribution in [3.05, 3.63) is 66.1 Å². The number of aromatic nitrogens is 4. The van der Waals surface area contributed by atoms with E-state index in [0.29, 0.717) is 5.02 Å². The zero-order chi connectivity index (χ0) is 16.5. The van der Waals surface area contributed by atoms with Crippen molar-refractivity contribution in [3.63, 3.8) is 0 Å². The molecule has 4 aromatic rings. The number of imidazole rings is 1. The van der Waals surface area contributed by atoms with Crippen molar-refractivity contribution in [3.8, 4) is 11.4 Å². The van der Waals surface area contributed by atoms with Crippen LogP contribution in [0.4, 0.5) is 11.5 Å². The normalized spacial score (nSPS) is 10.9. The number of hydrogen-bond donors (Lipinski definition) is 1. The van der Waals surface area contributed by atoms with Crippen LogP contribution in [-0.4, -0.2) is 27.0 Å². The molecule has 3 heterocycles. The SMILES string of the molecule is CN(c1ccncc1)c1ncccc1-c1nc2ccc(Cl)cc2[nH]1. The van der Waals surface area contributed by atoms with E-state index < -0.39 is 0 Å². The summed E-state index contributed by atoms with van der Waals surface area (Å²) in [6, 6.07) is 13.4. The monoisotopic (exact) mass is 335 g/mol. The minimum absolute atomic E-state index is 0.679. The smallest absolute Gasteiger partial charge is 0.143 e. The molecule has 1 N–H and O–H groups in total. The van der Waals surface area contributed by atoms with Crippen LogP contribution >= 0.6 is 11.6 Å². The predicted molar refractivity (Wildman–Crippen MR) is 96.6 cm³/mol. The first-order valence-corrected chi connectivity index (χ1v) is 7.84. The van der Waals surface area contributed by atoms with Gasteiger partial charge in [-0.3, -0.25) is 4.98 Å². The van der Waals surface area contributed by atoms with Crippen LogP contribution in [0.1, 0.15) is 0 Å². The van der Waals surface area contributed by atoms with Gasteiger partial charge < -0.3 is 9.88 Å². The molecule has 24 heavy (non-hydrogen) atoms. The molecule has 1 aromatic carbocycles. The van der Waals surface area contributed by atoms with Gasteiger partial charge >= 0.3 is 0 Å². The molecular weight excluding hydrogens is 322 g/mol. The van der Waals surface area contributed by atoms with Crippen LogP contribution in [-0.2, 0) is 0 Å². The highest BCUT2D eigenvalue weighted by Crippen LogP contribution is 2.31. The summed E-state index contributed by atoms with van der Waals surface area (Å²) < 4.78 is 0. The number of hydrogen-bond acceptors (Lipinski definition) is 4. The molecule has 0 radical (unpaired) electrons.